The van der Waals surface area contributed by atoms with Crippen molar-refractivity contribution in [2.45, 2.75) is 32.1 Å². The first kappa shape index (κ1) is 7.53. The molecule has 0 atom stereocenters. The van der Waals surface area contributed by atoms with E-state index in [0.717, 1.165) is 17.7 Å². The van der Waals surface area contributed by atoms with E-state index in [0.29, 0.717) is 5.92 Å². The number of aromatic nitrogens is 2. The number of H-pyrrole nitrogens is 1. The summed E-state index contributed by atoms with van der Waals surface area (Å²) in [6.07, 6.45) is 3.36. The molecule has 1 aromatic heterocycles. The van der Waals surface area contributed by atoms with Crippen LogP contribution < -0.4 is 5.56 Å². The number of hydrogen-bond donors (Lipinski definition) is 1. The lowest BCUT2D eigenvalue weighted by Gasteiger charge is -2.02. The Morgan fingerprint density at radius 1 is 1.67 bits per heavy atom. The molecule has 0 unspecified atom stereocenters. The Balaban J connectivity index is 2.45. The third-order valence-corrected chi connectivity index (χ3v) is 2.27. The molecule has 1 aliphatic carbocycles. The van der Waals surface area contributed by atoms with Gasteiger partial charge in [0.1, 0.15) is 0 Å². The highest BCUT2D eigenvalue weighted by Gasteiger charge is 2.27. The smallest absolute Gasteiger partial charge is 0.264 e. The molecule has 1 saturated carbocycles. The van der Waals surface area contributed by atoms with Crippen LogP contribution in [0.25, 0.3) is 0 Å². The molecule has 1 fully saturated rings. The monoisotopic (exact) mass is 164 g/mol. The fourth-order valence-corrected chi connectivity index (χ4v) is 1.45. The molecule has 3 nitrogen and oxygen atoms in total. The zero-order valence-corrected chi connectivity index (χ0v) is 7.13. The number of aryl methyl sites for hydroxylation is 1. The normalized spacial score (nSPS) is 16.4. The fourth-order valence-electron chi connectivity index (χ4n) is 1.45. The van der Waals surface area contributed by atoms with E-state index in [-0.39, 0.29) is 5.56 Å². The van der Waals surface area contributed by atoms with Gasteiger partial charge in [-0.25, -0.2) is 5.10 Å². The van der Waals surface area contributed by atoms with E-state index in [9.17, 15) is 4.79 Å². The minimum atomic E-state index is -0.0868. The molecule has 0 bridgehead atoms. The third-order valence-electron chi connectivity index (χ3n) is 2.27. The van der Waals surface area contributed by atoms with Crippen LogP contribution in [-0.2, 0) is 6.42 Å². The summed E-state index contributed by atoms with van der Waals surface area (Å²) in [5, 5.41) is 6.56. The summed E-state index contributed by atoms with van der Waals surface area (Å²) in [5.74, 6) is 0.622. The lowest BCUT2D eigenvalue weighted by atomic mass is 10.1. The number of nitrogens with zero attached hydrogens (tertiary/aromatic N) is 1. The second kappa shape index (κ2) is 2.73. The SMILES string of the molecule is CCc1cc(=O)[nH]nc1C1CC1. The molecule has 0 aliphatic heterocycles. The summed E-state index contributed by atoms with van der Waals surface area (Å²) in [5.41, 5.74) is 2.13. The topological polar surface area (TPSA) is 45.8 Å². The van der Waals surface area contributed by atoms with Crippen molar-refractivity contribution in [3.8, 4) is 0 Å². The van der Waals surface area contributed by atoms with E-state index < -0.39 is 0 Å². The third kappa shape index (κ3) is 1.26. The molecule has 12 heavy (non-hydrogen) atoms. The van der Waals surface area contributed by atoms with Gasteiger partial charge in [-0.05, 0) is 24.8 Å². The van der Waals surface area contributed by atoms with Crippen molar-refractivity contribution in [2.75, 3.05) is 0 Å². The summed E-state index contributed by atoms with van der Waals surface area (Å²) < 4.78 is 0. The Hall–Kier alpha value is -1.12. The van der Waals surface area contributed by atoms with E-state index in [4.69, 9.17) is 0 Å². The highest BCUT2D eigenvalue weighted by atomic mass is 16.1. The number of rotatable bonds is 2. The van der Waals surface area contributed by atoms with Crippen molar-refractivity contribution < 1.29 is 0 Å². The van der Waals surface area contributed by atoms with Crippen LogP contribution in [0.2, 0.25) is 0 Å². The maximum Gasteiger partial charge on any atom is 0.264 e. The number of aromatic amines is 1. The fraction of sp³-hybridized carbons (Fsp3) is 0.556. The van der Waals surface area contributed by atoms with Crippen LogP contribution in [0.4, 0.5) is 0 Å². The largest absolute Gasteiger partial charge is 0.268 e. The Labute approximate surface area is 70.8 Å². The zero-order chi connectivity index (χ0) is 8.55. The highest BCUT2D eigenvalue weighted by molar-refractivity contribution is 5.24. The van der Waals surface area contributed by atoms with E-state index in [1.807, 2.05) is 0 Å². The van der Waals surface area contributed by atoms with Gasteiger partial charge in [-0.1, -0.05) is 6.92 Å². The first-order valence-corrected chi connectivity index (χ1v) is 4.39. The van der Waals surface area contributed by atoms with Gasteiger partial charge in [-0.3, -0.25) is 4.79 Å². The molecule has 0 radical (unpaired) electrons. The van der Waals surface area contributed by atoms with Crippen LogP contribution in [0.5, 0.6) is 0 Å². The maximum atomic E-state index is 10.9. The van der Waals surface area contributed by atoms with Crippen molar-refractivity contribution >= 4 is 0 Å². The molecular weight excluding hydrogens is 152 g/mol. The van der Waals surface area contributed by atoms with Crippen LogP contribution in [0.15, 0.2) is 10.9 Å². The van der Waals surface area contributed by atoms with E-state index in [2.05, 4.69) is 17.1 Å². The van der Waals surface area contributed by atoms with Gasteiger partial charge in [-0.2, -0.15) is 5.10 Å². The average molecular weight is 164 g/mol. The molecule has 0 aromatic carbocycles. The minimum Gasteiger partial charge on any atom is -0.268 e. The molecular formula is C9H12N2O. The number of hydrogen-bond acceptors (Lipinski definition) is 2. The molecule has 1 aliphatic rings. The van der Waals surface area contributed by atoms with Gasteiger partial charge >= 0.3 is 0 Å². The second-order valence-electron chi connectivity index (χ2n) is 3.27. The van der Waals surface area contributed by atoms with Crippen LogP contribution in [0.3, 0.4) is 0 Å². The van der Waals surface area contributed by atoms with Crippen molar-refractivity contribution in [3.05, 3.63) is 27.7 Å². The van der Waals surface area contributed by atoms with Gasteiger partial charge in [0.2, 0.25) is 0 Å². The highest BCUT2D eigenvalue weighted by Crippen LogP contribution is 2.39. The van der Waals surface area contributed by atoms with E-state index in [1.54, 1.807) is 6.07 Å². The lowest BCUT2D eigenvalue weighted by molar-refractivity contribution is 0.850. The molecule has 0 spiro atoms. The predicted octanol–water partition coefficient (Wildman–Crippen LogP) is 1.21. The van der Waals surface area contributed by atoms with Crippen LogP contribution in [0, 0.1) is 0 Å². The molecule has 1 N–H and O–H groups in total. The van der Waals surface area contributed by atoms with Gasteiger partial charge in [0.15, 0.2) is 0 Å². The molecule has 1 aromatic rings. The summed E-state index contributed by atoms with van der Waals surface area (Å²) in [6, 6.07) is 1.67. The Morgan fingerprint density at radius 3 is 3.00 bits per heavy atom. The molecule has 64 valence electrons. The molecule has 1 heterocycles. The summed E-state index contributed by atoms with van der Waals surface area (Å²) in [6.45, 7) is 2.06. The van der Waals surface area contributed by atoms with Gasteiger partial charge in [0, 0.05) is 12.0 Å². The minimum absolute atomic E-state index is 0.0868. The number of nitrogens with one attached hydrogen (secondary N) is 1. The van der Waals surface area contributed by atoms with Crippen LogP contribution in [0.1, 0.15) is 36.9 Å². The molecule has 2 rings (SSSR count). The van der Waals surface area contributed by atoms with Gasteiger partial charge < -0.3 is 0 Å². The lowest BCUT2D eigenvalue weighted by Crippen LogP contribution is -2.11. The Kier molecular flexibility index (Phi) is 1.71. The van der Waals surface area contributed by atoms with Crippen LogP contribution >= 0.6 is 0 Å². The quantitative estimate of drug-likeness (QED) is 0.714. The predicted molar refractivity (Wildman–Crippen MR) is 46.2 cm³/mol. The van der Waals surface area contributed by atoms with E-state index in [1.165, 1.54) is 12.8 Å². The first-order valence-electron chi connectivity index (χ1n) is 4.39. The van der Waals surface area contributed by atoms with Crippen molar-refractivity contribution in [1.82, 2.24) is 10.2 Å². The molecule has 0 saturated heterocycles. The van der Waals surface area contributed by atoms with Gasteiger partial charge in [-0.15, -0.1) is 0 Å². The van der Waals surface area contributed by atoms with Crippen molar-refractivity contribution in [1.29, 1.82) is 0 Å². The molecule has 0 amide bonds. The standard InChI is InChI=1S/C9H12N2O/c1-2-6-5-8(12)10-11-9(6)7-3-4-7/h5,7H,2-4H2,1H3,(H,10,12). The zero-order valence-electron chi connectivity index (χ0n) is 7.13. The van der Waals surface area contributed by atoms with Crippen molar-refractivity contribution in [3.63, 3.8) is 0 Å². The summed E-state index contributed by atoms with van der Waals surface area (Å²) in [7, 11) is 0. The first-order chi connectivity index (χ1) is 5.81. The molecule has 3 heteroatoms. The van der Waals surface area contributed by atoms with Crippen molar-refractivity contribution in [2.24, 2.45) is 0 Å². The van der Waals surface area contributed by atoms with E-state index >= 15 is 0 Å². The Morgan fingerprint density at radius 2 is 2.42 bits per heavy atom. The summed E-state index contributed by atoms with van der Waals surface area (Å²) in [4.78, 5) is 10.9. The van der Waals surface area contributed by atoms with Crippen LogP contribution in [-0.4, -0.2) is 10.2 Å². The Bertz CT molecular complexity index is 339. The van der Waals surface area contributed by atoms with Gasteiger partial charge in [0.25, 0.3) is 5.56 Å². The van der Waals surface area contributed by atoms with Gasteiger partial charge in [0.05, 0.1) is 5.69 Å². The summed E-state index contributed by atoms with van der Waals surface area (Å²) >= 11 is 0. The second-order valence-corrected chi connectivity index (χ2v) is 3.27. The maximum absolute atomic E-state index is 10.9. The average Bonchev–Trinajstić information content (AvgIpc) is 2.87.